The lowest BCUT2D eigenvalue weighted by molar-refractivity contribution is -0.112. The molecule has 0 radical (unpaired) electrons. The van der Waals surface area contributed by atoms with Crippen LogP contribution >= 0.6 is 0 Å². The summed E-state index contributed by atoms with van der Waals surface area (Å²) in [6.45, 7) is 7.19. The fourth-order valence-electron chi connectivity index (χ4n) is 3.61. The van der Waals surface area contributed by atoms with Crippen molar-refractivity contribution in [1.29, 1.82) is 0 Å². The van der Waals surface area contributed by atoms with Crippen LogP contribution < -0.4 is 0 Å². The van der Waals surface area contributed by atoms with E-state index in [1.165, 1.54) is 11.1 Å². The Bertz CT molecular complexity index is 778. The maximum atomic E-state index is 10.7. The predicted molar refractivity (Wildman–Crippen MR) is 118 cm³/mol. The Kier molecular flexibility index (Phi) is 7.81. The zero-order valence-corrected chi connectivity index (χ0v) is 18.1. The van der Waals surface area contributed by atoms with E-state index >= 15 is 0 Å². The third kappa shape index (κ3) is 6.49. The van der Waals surface area contributed by atoms with Crippen molar-refractivity contribution in [3.05, 3.63) is 71.8 Å². The second-order valence-corrected chi connectivity index (χ2v) is 9.24. The summed E-state index contributed by atoms with van der Waals surface area (Å²) in [6.07, 6.45) is 3.13. The Morgan fingerprint density at radius 2 is 1.37 bits per heavy atom. The largest absolute Gasteiger partial charge is 0.396 e. The smallest absolute Gasteiger partial charge is 0.126 e. The molecule has 1 N–H and O–H groups in total. The van der Waals surface area contributed by atoms with Gasteiger partial charge >= 0.3 is 0 Å². The molecule has 0 unspecified atom stereocenters. The van der Waals surface area contributed by atoms with Crippen LogP contribution in [-0.2, 0) is 27.5 Å². The first-order valence-corrected chi connectivity index (χ1v) is 10.8. The van der Waals surface area contributed by atoms with Gasteiger partial charge in [0, 0.05) is 12.0 Å². The molecule has 4 rings (SSSR count). The number of carbonyl (C=O) groups excluding carboxylic acids is 1. The van der Waals surface area contributed by atoms with Crippen LogP contribution in [-0.4, -0.2) is 31.2 Å². The zero-order chi connectivity index (χ0) is 21.5. The molecule has 2 saturated carbocycles. The Balaban J connectivity index is 0.000000171. The lowest BCUT2D eigenvalue weighted by Crippen LogP contribution is -2.08. The Hall–Kier alpha value is -2.01. The molecule has 0 bridgehead atoms. The number of carbonyl (C=O) groups is 1. The van der Waals surface area contributed by atoms with Gasteiger partial charge in [0.2, 0.25) is 0 Å². The Morgan fingerprint density at radius 1 is 0.867 bits per heavy atom. The Morgan fingerprint density at radius 3 is 1.77 bits per heavy atom. The highest BCUT2D eigenvalue weighted by Gasteiger charge is 2.50. The fraction of sp³-hybridized carbons (Fsp3) is 0.500. The van der Waals surface area contributed by atoms with E-state index in [9.17, 15) is 4.79 Å². The standard InChI is InChI=1S/C13H18O2.C13H16O2/c2*1-13(10-14)7-12(13)9-15-8-11-5-3-2-4-6-11/h2-6,12,14H,7-10H2,1H3;2-6,10,12H,7-9H2,1H3/t2*12-,13+/m00/s1. The van der Waals surface area contributed by atoms with Gasteiger partial charge in [-0.25, -0.2) is 0 Å². The molecule has 4 heteroatoms. The average Bonchev–Trinajstić information content (AvgIpc) is 3.65. The van der Waals surface area contributed by atoms with Crippen molar-refractivity contribution in [3.8, 4) is 0 Å². The molecule has 2 aliphatic carbocycles. The number of hydrogen-bond acceptors (Lipinski definition) is 4. The summed E-state index contributed by atoms with van der Waals surface area (Å²) in [5.41, 5.74) is 2.43. The number of aliphatic hydroxyl groups excluding tert-OH is 1. The second-order valence-electron chi connectivity index (χ2n) is 9.24. The van der Waals surface area contributed by atoms with Crippen molar-refractivity contribution in [2.24, 2.45) is 22.7 Å². The van der Waals surface area contributed by atoms with Crippen molar-refractivity contribution in [1.82, 2.24) is 0 Å². The molecule has 0 aliphatic heterocycles. The molecule has 2 aromatic carbocycles. The highest BCUT2D eigenvalue weighted by Crippen LogP contribution is 2.51. The first-order valence-electron chi connectivity index (χ1n) is 10.8. The van der Waals surface area contributed by atoms with E-state index in [0.29, 0.717) is 31.7 Å². The monoisotopic (exact) mass is 410 g/mol. The van der Waals surface area contributed by atoms with Gasteiger partial charge in [-0.2, -0.15) is 0 Å². The van der Waals surface area contributed by atoms with Crippen molar-refractivity contribution < 1.29 is 19.4 Å². The van der Waals surface area contributed by atoms with Crippen molar-refractivity contribution in [2.45, 2.75) is 39.9 Å². The van der Waals surface area contributed by atoms with Gasteiger partial charge in [0.05, 0.1) is 26.4 Å². The molecule has 2 fully saturated rings. The molecule has 0 saturated heterocycles. The molecular weight excluding hydrogens is 376 g/mol. The van der Waals surface area contributed by atoms with Gasteiger partial charge in [0.25, 0.3) is 0 Å². The van der Waals surface area contributed by atoms with E-state index in [-0.39, 0.29) is 17.4 Å². The number of rotatable bonds is 10. The lowest BCUT2D eigenvalue weighted by Gasteiger charge is -2.07. The summed E-state index contributed by atoms with van der Waals surface area (Å²) in [7, 11) is 0. The van der Waals surface area contributed by atoms with Gasteiger partial charge in [0.1, 0.15) is 6.29 Å². The van der Waals surface area contributed by atoms with E-state index in [2.05, 4.69) is 19.1 Å². The van der Waals surface area contributed by atoms with Gasteiger partial charge < -0.3 is 19.4 Å². The molecule has 30 heavy (non-hydrogen) atoms. The van der Waals surface area contributed by atoms with Gasteiger partial charge in [-0.15, -0.1) is 0 Å². The van der Waals surface area contributed by atoms with Gasteiger partial charge in [-0.1, -0.05) is 74.5 Å². The first kappa shape index (κ1) is 22.7. The van der Waals surface area contributed by atoms with Crippen LogP contribution in [0.2, 0.25) is 0 Å². The van der Waals surface area contributed by atoms with Crippen LogP contribution in [0.15, 0.2) is 60.7 Å². The fourth-order valence-corrected chi connectivity index (χ4v) is 3.61. The summed E-state index contributed by atoms with van der Waals surface area (Å²) in [5.74, 6) is 0.977. The number of aliphatic hydroxyl groups is 1. The predicted octanol–water partition coefficient (Wildman–Crippen LogP) is 4.65. The normalized spacial score (nSPS) is 28.9. The summed E-state index contributed by atoms with van der Waals surface area (Å²) in [4.78, 5) is 10.7. The van der Waals surface area contributed by atoms with E-state index < -0.39 is 0 Å². The molecule has 0 heterocycles. The molecule has 4 nitrogen and oxygen atoms in total. The molecule has 0 spiro atoms. The molecule has 2 aliphatic rings. The van der Waals surface area contributed by atoms with Crippen LogP contribution in [0, 0.1) is 22.7 Å². The van der Waals surface area contributed by atoms with Gasteiger partial charge in [-0.05, 0) is 41.2 Å². The number of hydrogen-bond donors (Lipinski definition) is 1. The molecule has 162 valence electrons. The van der Waals surface area contributed by atoms with Gasteiger partial charge in [-0.3, -0.25) is 0 Å². The number of aldehydes is 1. The second kappa shape index (κ2) is 10.3. The number of benzene rings is 2. The summed E-state index contributed by atoms with van der Waals surface area (Å²) < 4.78 is 11.2. The van der Waals surface area contributed by atoms with Crippen LogP contribution in [0.4, 0.5) is 0 Å². The molecule has 4 atom stereocenters. The highest BCUT2D eigenvalue weighted by atomic mass is 16.5. The molecule has 0 aromatic heterocycles. The zero-order valence-electron chi connectivity index (χ0n) is 18.1. The van der Waals surface area contributed by atoms with Crippen LogP contribution in [0.25, 0.3) is 0 Å². The minimum atomic E-state index is -0.101. The van der Waals surface area contributed by atoms with E-state index in [0.717, 1.165) is 25.7 Å². The van der Waals surface area contributed by atoms with Crippen molar-refractivity contribution in [3.63, 3.8) is 0 Å². The molecular formula is C26H34O4. The quantitative estimate of drug-likeness (QED) is 0.579. The van der Waals surface area contributed by atoms with Crippen molar-refractivity contribution >= 4 is 6.29 Å². The van der Waals surface area contributed by atoms with E-state index in [4.69, 9.17) is 14.6 Å². The van der Waals surface area contributed by atoms with Crippen LogP contribution in [0.5, 0.6) is 0 Å². The first-order chi connectivity index (χ1) is 14.5. The third-order valence-corrected chi connectivity index (χ3v) is 6.49. The van der Waals surface area contributed by atoms with E-state index in [1.807, 2.05) is 55.5 Å². The third-order valence-electron chi connectivity index (χ3n) is 6.49. The summed E-state index contributed by atoms with van der Waals surface area (Å²) >= 11 is 0. The maximum absolute atomic E-state index is 10.7. The SMILES string of the molecule is C[C@]1(C=O)C[C@H]1COCc1ccccc1.C[C@]1(CO)C[C@H]1COCc1ccccc1. The minimum absolute atomic E-state index is 0.101. The van der Waals surface area contributed by atoms with Crippen molar-refractivity contribution in [2.75, 3.05) is 19.8 Å². The van der Waals surface area contributed by atoms with Gasteiger partial charge in [0.15, 0.2) is 0 Å². The minimum Gasteiger partial charge on any atom is -0.396 e. The van der Waals surface area contributed by atoms with Crippen LogP contribution in [0.3, 0.4) is 0 Å². The summed E-state index contributed by atoms with van der Waals surface area (Å²) in [6, 6.07) is 20.3. The topological polar surface area (TPSA) is 55.8 Å². The molecule has 0 amide bonds. The lowest BCUT2D eigenvalue weighted by atomic mass is 10.1. The summed E-state index contributed by atoms with van der Waals surface area (Å²) in [5, 5.41) is 9.10. The van der Waals surface area contributed by atoms with Crippen LogP contribution in [0.1, 0.15) is 37.8 Å². The van der Waals surface area contributed by atoms with E-state index in [1.54, 1.807) is 0 Å². The average molecular weight is 411 g/mol. The number of ether oxygens (including phenoxy) is 2. The maximum Gasteiger partial charge on any atom is 0.126 e. The Labute approximate surface area is 180 Å². The molecule has 2 aromatic rings. The highest BCUT2D eigenvalue weighted by molar-refractivity contribution is 5.63.